The zero-order valence-electron chi connectivity index (χ0n) is 22.3. The summed E-state index contributed by atoms with van der Waals surface area (Å²) >= 11 is 0. The highest BCUT2D eigenvalue weighted by molar-refractivity contribution is 6.08. The normalized spacial score (nSPS) is 12.0. The van der Waals surface area contributed by atoms with Crippen molar-refractivity contribution in [1.82, 2.24) is 9.88 Å². The molecule has 202 valence electrons. The van der Waals surface area contributed by atoms with E-state index < -0.39 is 5.97 Å². The molecule has 1 heterocycles. The predicted molar refractivity (Wildman–Crippen MR) is 160 cm³/mol. The van der Waals surface area contributed by atoms with Crippen LogP contribution >= 0.6 is 0 Å². The first kappa shape index (κ1) is 26.0. The molecular weight excluding hydrogens is 515 g/mol. The first-order valence-electron chi connectivity index (χ1n) is 13.4. The molecule has 0 aliphatic carbocycles. The van der Waals surface area contributed by atoms with Gasteiger partial charge in [0, 0.05) is 18.1 Å². The highest BCUT2D eigenvalue weighted by atomic mass is 19.1. The highest BCUT2D eigenvalue weighted by Gasteiger charge is 2.20. The van der Waals surface area contributed by atoms with Gasteiger partial charge in [-0.05, 0) is 88.5 Å². The van der Waals surface area contributed by atoms with Gasteiger partial charge in [0.25, 0.3) is 5.91 Å². The van der Waals surface area contributed by atoms with Crippen LogP contribution in [0.25, 0.3) is 32.8 Å². The number of hydrogen-bond donors (Lipinski definition) is 2. The van der Waals surface area contributed by atoms with Crippen LogP contribution < -0.4 is 5.32 Å². The number of nitrogens with one attached hydrogen (secondary N) is 1. The summed E-state index contributed by atoms with van der Waals surface area (Å²) in [6.07, 6.45) is 2.00. The number of carbonyl (C=O) groups excluding carboxylic acids is 1. The topological polar surface area (TPSA) is 71.3 Å². The van der Waals surface area contributed by atoms with Crippen molar-refractivity contribution in [2.24, 2.45) is 0 Å². The Balaban J connectivity index is 1.40. The van der Waals surface area contributed by atoms with E-state index in [1.807, 2.05) is 36.5 Å². The fourth-order valence-corrected chi connectivity index (χ4v) is 5.28. The van der Waals surface area contributed by atoms with Gasteiger partial charge < -0.3 is 15.0 Å². The van der Waals surface area contributed by atoms with Gasteiger partial charge in [0.1, 0.15) is 5.82 Å². The van der Waals surface area contributed by atoms with Crippen LogP contribution in [-0.4, -0.2) is 21.6 Å². The van der Waals surface area contributed by atoms with Gasteiger partial charge in [-0.25, -0.2) is 9.18 Å². The Morgan fingerprint density at radius 2 is 1.54 bits per heavy atom. The van der Waals surface area contributed by atoms with Crippen LogP contribution in [0.5, 0.6) is 0 Å². The molecule has 6 aromatic rings. The van der Waals surface area contributed by atoms with Crippen molar-refractivity contribution in [2.75, 3.05) is 0 Å². The number of fused-ring (bicyclic) bond motifs is 2. The first-order chi connectivity index (χ1) is 19.9. The molecule has 1 amide bonds. The first-order valence-corrected chi connectivity index (χ1v) is 13.4. The Morgan fingerprint density at radius 3 is 2.27 bits per heavy atom. The van der Waals surface area contributed by atoms with Gasteiger partial charge in [-0.15, -0.1) is 0 Å². The van der Waals surface area contributed by atoms with Gasteiger partial charge in [0.05, 0.1) is 22.7 Å². The third-order valence-electron chi connectivity index (χ3n) is 7.56. The van der Waals surface area contributed by atoms with Crippen LogP contribution in [0, 0.1) is 5.82 Å². The molecule has 0 bridgehead atoms. The fraction of sp³-hybridized carbons (Fsp3) is 0.0857. The van der Waals surface area contributed by atoms with Crippen molar-refractivity contribution in [3.63, 3.8) is 0 Å². The van der Waals surface area contributed by atoms with Gasteiger partial charge in [-0.2, -0.15) is 0 Å². The molecule has 5 aromatic carbocycles. The number of carbonyl (C=O) groups is 2. The molecule has 0 radical (unpaired) electrons. The number of rotatable bonds is 7. The molecule has 1 aromatic heterocycles. The van der Waals surface area contributed by atoms with Crippen LogP contribution in [0.1, 0.15) is 44.8 Å². The average Bonchev–Trinajstić information content (AvgIpc) is 3.43. The van der Waals surface area contributed by atoms with E-state index in [-0.39, 0.29) is 29.9 Å². The summed E-state index contributed by atoms with van der Waals surface area (Å²) < 4.78 is 15.8. The molecule has 6 rings (SSSR count). The zero-order valence-corrected chi connectivity index (χ0v) is 22.3. The van der Waals surface area contributed by atoms with E-state index >= 15 is 0 Å². The minimum atomic E-state index is -0.998. The van der Waals surface area contributed by atoms with Crippen molar-refractivity contribution >= 4 is 33.6 Å². The lowest BCUT2D eigenvalue weighted by Gasteiger charge is -2.19. The summed E-state index contributed by atoms with van der Waals surface area (Å²) in [7, 11) is 0. The lowest BCUT2D eigenvalue weighted by Crippen LogP contribution is -2.24. The number of nitrogens with zero attached hydrogens (tertiary/aromatic N) is 1. The maximum absolute atomic E-state index is 13.8. The second-order valence-electron chi connectivity index (χ2n) is 10.2. The largest absolute Gasteiger partial charge is 0.478 e. The zero-order chi connectivity index (χ0) is 28.5. The van der Waals surface area contributed by atoms with Crippen LogP contribution in [-0.2, 0) is 6.54 Å². The Bertz CT molecular complexity index is 1910. The van der Waals surface area contributed by atoms with Crippen LogP contribution in [0.2, 0.25) is 0 Å². The third kappa shape index (κ3) is 5.20. The number of benzene rings is 5. The standard InChI is InChI=1S/C35H27FN2O3/c1-22(27-11-10-24-4-2-3-5-28(24)18-27)38-17-16-29-19-30(25-12-14-31(36)15-13-25)20-32(33(29)38)34(39)37-21-23-6-8-26(9-7-23)35(40)41/h2-20,22H,21H2,1H3,(H,37,39)(H,40,41)/t22-/m0/s1. The summed E-state index contributed by atoms with van der Waals surface area (Å²) in [6.45, 7) is 2.35. The van der Waals surface area contributed by atoms with Crippen molar-refractivity contribution in [2.45, 2.75) is 19.5 Å². The SMILES string of the molecule is C[C@@H](c1ccc2ccccc2c1)n1ccc2cc(-c3ccc(F)cc3)cc(C(=O)NCc3ccc(C(=O)O)cc3)c21. The number of hydrogen-bond acceptors (Lipinski definition) is 2. The summed E-state index contributed by atoms with van der Waals surface area (Å²) in [6, 6.07) is 33.1. The van der Waals surface area contributed by atoms with E-state index in [1.165, 1.54) is 29.7 Å². The molecule has 5 nitrogen and oxygen atoms in total. The fourth-order valence-electron chi connectivity index (χ4n) is 5.28. The van der Waals surface area contributed by atoms with E-state index in [0.29, 0.717) is 5.56 Å². The molecule has 6 heteroatoms. The lowest BCUT2D eigenvalue weighted by molar-refractivity contribution is 0.0696. The van der Waals surface area contributed by atoms with E-state index in [4.69, 9.17) is 0 Å². The van der Waals surface area contributed by atoms with Gasteiger partial charge in [-0.3, -0.25) is 4.79 Å². The molecule has 0 unspecified atom stereocenters. The number of aromatic carboxylic acids is 1. The Kier molecular flexibility index (Phi) is 6.81. The van der Waals surface area contributed by atoms with Gasteiger partial charge in [-0.1, -0.05) is 60.7 Å². The third-order valence-corrected chi connectivity index (χ3v) is 7.56. The average molecular weight is 543 g/mol. The number of halogens is 1. The van der Waals surface area contributed by atoms with E-state index in [9.17, 15) is 19.1 Å². The monoisotopic (exact) mass is 542 g/mol. The minimum absolute atomic E-state index is 0.0520. The smallest absolute Gasteiger partial charge is 0.335 e. The van der Waals surface area contributed by atoms with E-state index in [2.05, 4.69) is 47.1 Å². The van der Waals surface area contributed by atoms with Crippen molar-refractivity contribution < 1.29 is 19.1 Å². The summed E-state index contributed by atoms with van der Waals surface area (Å²) in [4.78, 5) is 24.9. The van der Waals surface area contributed by atoms with Crippen LogP contribution in [0.15, 0.2) is 115 Å². The molecule has 0 spiro atoms. The van der Waals surface area contributed by atoms with Gasteiger partial charge in [0.2, 0.25) is 0 Å². The summed E-state index contributed by atoms with van der Waals surface area (Å²) in [5, 5.41) is 15.4. The maximum Gasteiger partial charge on any atom is 0.335 e. The van der Waals surface area contributed by atoms with Crippen LogP contribution in [0.3, 0.4) is 0 Å². The second-order valence-corrected chi connectivity index (χ2v) is 10.2. The van der Waals surface area contributed by atoms with Crippen molar-refractivity contribution in [3.05, 3.63) is 143 Å². The highest BCUT2D eigenvalue weighted by Crippen LogP contribution is 2.33. The van der Waals surface area contributed by atoms with Gasteiger partial charge in [0.15, 0.2) is 0 Å². The summed E-state index contributed by atoms with van der Waals surface area (Å²) in [5.41, 5.74) is 5.01. The minimum Gasteiger partial charge on any atom is -0.478 e. The Labute approximate surface area is 236 Å². The molecule has 0 fully saturated rings. The Morgan fingerprint density at radius 1 is 0.805 bits per heavy atom. The number of carboxylic acid groups (broad SMARTS) is 1. The quantitative estimate of drug-likeness (QED) is 0.216. The molecule has 1 atom stereocenters. The van der Waals surface area contributed by atoms with Crippen molar-refractivity contribution in [3.8, 4) is 11.1 Å². The molecule has 0 aliphatic rings. The molecule has 0 saturated heterocycles. The molecular formula is C35H27FN2O3. The lowest BCUT2D eigenvalue weighted by atomic mass is 9.99. The van der Waals surface area contributed by atoms with E-state index in [0.717, 1.165) is 38.5 Å². The second kappa shape index (κ2) is 10.7. The van der Waals surface area contributed by atoms with E-state index in [1.54, 1.807) is 24.3 Å². The summed E-state index contributed by atoms with van der Waals surface area (Å²) in [5.74, 6) is -1.58. The molecule has 2 N–H and O–H groups in total. The number of amides is 1. The number of carboxylic acids is 1. The molecule has 0 aliphatic heterocycles. The molecule has 0 saturated carbocycles. The van der Waals surface area contributed by atoms with Crippen LogP contribution in [0.4, 0.5) is 4.39 Å². The number of aromatic nitrogens is 1. The van der Waals surface area contributed by atoms with Crippen molar-refractivity contribution in [1.29, 1.82) is 0 Å². The predicted octanol–water partition coefficient (Wildman–Crippen LogP) is 7.84. The molecule has 41 heavy (non-hydrogen) atoms. The Hall–Kier alpha value is -5.23. The maximum atomic E-state index is 13.8. The van der Waals surface area contributed by atoms with Gasteiger partial charge >= 0.3 is 5.97 Å².